The number of aryl methyl sites for hydroxylation is 1. The van der Waals surface area contributed by atoms with E-state index in [4.69, 9.17) is 4.74 Å². The van der Waals surface area contributed by atoms with Crippen molar-refractivity contribution >= 4 is 48.8 Å². The minimum atomic E-state index is -3.76. The number of halogens is 1. The highest BCUT2D eigenvalue weighted by Crippen LogP contribution is 2.31. The van der Waals surface area contributed by atoms with Gasteiger partial charge in [0.25, 0.3) is 5.91 Å². The second-order valence-corrected chi connectivity index (χ2v) is 12.4. The normalized spacial score (nSPS) is 18.6. The minimum Gasteiger partial charge on any atom is -0.373 e. The highest BCUT2D eigenvalue weighted by Gasteiger charge is 2.32. The maximum Gasteiger partial charge on any atom is 0.280 e. The van der Waals surface area contributed by atoms with Crippen molar-refractivity contribution in [3.8, 4) is 0 Å². The molecule has 39 heavy (non-hydrogen) atoms. The molecular weight excluding hydrogens is 539 g/mol. The van der Waals surface area contributed by atoms with Gasteiger partial charge in [-0.1, -0.05) is 41.2 Å². The van der Waals surface area contributed by atoms with Crippen LogP contribution in [0.1, 0.15) is 35.3 Å². The Hall–Kier alpha value is -3.51. The van der Waals surface area contributed by atoms with Gasteiger partial charge in [0.2, 0.25) is 15.2 Å². The number of amides is 1. The van der Waals surface area contributed by atoms with Gasteiger partial charge in [-0.05, 0) is 68.8 Å². The number of ether oxygens (including phenoxy) is 1. The summed E-state index contributed by atoms with van der Waals surface area (Å²) in [5.74, 6) is -0.907. The number of carbonyl (C=O) groups is 1. The predicted molar refractivity (Wildman–Crippen MR) is 150 cm³/mol. The second kappa shape index (κ2) is 10.9. The Labute approximate surface area is 230 Å². The van der Waals surface area contributed by atoms with Gasteiger partial charge in [-0.2, -0.15) is 14.4 Å². The molecule has 1 fully saturated rings. The Morgan fingerprint density at radius 1 is 1.08 bits per heavy atom. The van der Waals surface area contributed by atoms with E-state index in [1.165, 1.54) is 40.7 Å². The topological polar surface area (TPSA) is 92.2 Å². The van der Waals surface area contributed by atoms with Crippen molar-refractivity contribution in [1.29, 1.82) is 0 Å². The lowest BCUT2D eigenvalue weighted by atomic mass is 10.2. The van der Waals surface area contributed by atoms with E-state index in [1.54, 1.807) is 12.3 Å². The average molecular weight is 567 g/mol. The molecule has 5 rings (SSSR count). The third-order valence-corrected chi connectivity index (χ3v) is 9.08. The summed E-state index contributed by atoms with van der Waals surface area (Å²) >= 11 is 1.13. The molecule has 0 bridgehead atoms. The lowest BCUT2D eigenvalue weighted by molar-refractivity contribution is -0.0440. The van der Waals surface area contributed by atoms with Gasteiger partial charge in [0.1, 0.15) is 5.82 Å². The first kappa shape index (κ1) is 27.1. The van der Waals surface area contributed by atoms with Gasteiger partial charge in [0.05, 0.1) is 33.5 Å². The fraction of sp³-hybridized carbons (Fsp3) is 0.250. The smallest absolute Gasteiger partial charge is 0.280 e. The van der Waals surface area contributed by atoms with E-state index >= 15 is 0 Å². The van der Waals surface area contributed by atoms with Crippen LogP contribution in [0.5, 0.6) is 0 Å². The number of nitrogens with zero attached hydrogens (tertiary/aromatic N) is 4. The maximum atomic E-state index is 13.8. The summed E-state index contributed by atoms with van der Waals surface area (Å²) in [5, 5.41) is 5.83. The molecule has 1 aliphatic rings. The fourth-order valence-electron chi connectivity index (χ4n) is 4.31. The standard InChI is InChI=1S/C28H27FN4O4S2/c1-18-4-6-21(7-5-18)15-30-33(28-31-25-13-10-23(29)14-26(25)38-28)27(34)22-8-11-24(12-9-22)39(35,36)32-16-19(2)37-20(3)17-32/h4-15,19-20H,16-17H2,1-3H3/b30-15+. The zero-order valence-corrected chi connectivity index (χ0v) is 23.2. The number of morpholine rings is 1. The molecule has 1 aliphatic heterocycles. The quantitative estimate of drug-likeness (QED) is 0.236. The number of thiazole rings is 1. The summed E-state index contributed by atoms with van der Waals surface area (Å²) in [6, 6.07) is 17.6. The van der Waals surface area contributed by atoms with E-state index in [2.05, 4.69) is 10.1 Å². The summed E-state index contributed by atoms with van der Waals surface area (Å²) < 4.78 is 47.9. The van der Waals surface area contributed by atoms with E-state index in [-0.39, 0.29) is 40.9 Å². The van der Waals surface area contributed by atoms with Gasteiger partial charge >= 0.3 is 0 Å². The van der Waals surface area contributed by atoms with Crippen LogP contribution in [0, 0.1) is 12.7 Å². The number of hydrogen-bond acceptors (Lipinski definition) is 7. The Kier molecular flexibility index (Phi) is 7.59. The van der Waals surface area contributed by atoms with Crippen LogP contribution in [-0.4, -0.2) is 55.1 Å². The van der Waals surface area contributed by atoms with Gasteiger partial charge in [-0.3, -0.25) is 4.79 Å². The molecule has 11 heteroatoms. The van der Waals surface area contributed by atoms with E-state index in [0.29, 0.717) is 10.2 Å². The molecular formula is C28H27FN4O4S2. The number of benzene rings is 3. The van der Waals surface area contributed by atoms with Crippen LogP contribution in [0.3, 0.4) is 0 Å². The highest BCUT2D eigenvalue weighted by molar-refractivity contribution is 7.89. The molecule has 8 nitrogen and oxygen atoms in total. The number of hydrazone groups is 1. The minimum absolute atomic E-state index is 0.0884. The van der Waals surface area contributed by atoms with Crippen molar-refractivity contribution in [3.05, 3.63) is 89.2 Å². The lowest BCUT2D eigenvalue weighted by Gasteiger charge is -2.34. The molecule has 4 aromatic rings. The predicted octanol–water partition coefficient (Wildman–Crippen LogP) is 5.22. The Morgan fingerprint density at radius 3 is 2.41 bits per heavy atom. The number of fused-ring (bicyclic) bond motifs is 1. The summed E-state index contributed by atoms with van der Waals surface area (Å²) in [4.78, 5) is 18.2. The van der Waals surface area contributed by atoms with Crippen molar-refractivity contribution < 1.29 is 22.3 Å². The fourth-order valence-corrected chi connectivity index (χ4v) is 6.85. The van der Waals surface area contributed by atoms with Gasteiger partial charge in [-0.25, -0.2) is 17.8 Å². The van der Waals surface area contributed by atoms with E-state index in [1.807, 2.05) is 45.0 Å². The van der Waals surface area contributed by atoms with Gasteiger partial charge in [0, 0.05) is 18.7 Å². The number of hydrogen-bond donors (Lipinski definition) is 0. The number of aromatic nitrogens is 1. The summed E-state index contributed by atoms with van der Waals surface area (Å²) in [6.07, 6.45) is 1.11. The summed E-state index contributed by atoms with van der Waals surface area (Å²) in [6.45, 7) is 6.16. The van der Waals surface area contributed by atoms with Crippen LogP contribution in [0.15, 0.2) is 76.7 Å². The molecule has 0 N–H and O–H groups in total. The van der Waals surface area contributed by atoms with Crippen molar-refractivity contribution in [2.45, 2.75) is 37.9 Å². The molecule has 2 unspecified atom stereocenters. The Morgan fingerprint density at radius 2 is 1.74 bits per heavy atom. The third-order valence-electron chi connectivity index (χ3n) is 6.24. The van der Waals surface area contributed by atoms with Crippen LogP contribution < -0.4 is 5.01 Å². The maximum absolute atomic E-state index is 13.8. The highest BCUT2D eigenvalue weighted by atomic mass is 32.2. The Bertz CT molecular complexity index is 1630. The molecule has 202 valence electrons. The molecule has 0 radical (unpaired) electrons. The molecule has 2 heterocycles. The largest absolute Gasteiger partial charge is 0.373 e. The van der Waals surface area contributed by atoms with Crippen LogP contribution >= 0.6 is 11.3 Å². The molecule has 0 aliphatic carbocycles. The number of anilines is 1. The van der Waals surface area contributed by atoms with Crippen molar-refractivity contribution in [2.75, 3.05) is 18.1 Å². The van der Waals surface area contributed by atoms with Crippen LogP contribution in [0.4, 0.5) is 9.52 Å². The summed E-state index contributed by atoms with van der Waals surface area (Å²) in [5.41, 5.74) is 2.63. The van der Waals surface area contributed by atoms with E-state index in [0.717, 1.165) is 27.5 Å². The van der Waals surface area contributed by atoms with Crippen LogP contribution in [0.2, 0.25) is 0 Å². The van der Waals surface area contributed by atoms with Crippen molar-refractivity contribution in [2.24, 2.45) is 5.10 Å². The zero-order chi connectivity index (χ0) is 27.7. The van der Waals surface area contributed by atoms with Gasteiger partial charge < -0.3 is 4.74 Å². The molecule has 0 spiro atoms. The summed E-state index contributed by atoms with van der Waals surface area (Å²) in [7, 11) is -3.76. The molecule has 2 atom stereocenters. The first-order valence-corrected chi connectivity index (χ1v) is 14.6. The first-order valence-electron chi connectivity index (χ1n) is 12.4. The zero-order valence-electron chi connectivity index (χ0n) is 21.6. The molecule has 1 saturated heterocycles. The molecule has 0 saturated carbocycles. The van der Waals surface area contributed by atoms with Gasteiger partial charge in [-0.15, -0.1) is 0 Å². The molecule has 3 aromatic carbocycles. The molecule has 1 amide bonds. The van der Waals surface area contributed by atoms with Crippen LogP contribution in [0.25, 0.3) is 10.2 Å². The lowest BCUT2D eigenvalue weighted by Crippen LogP contribution is -2.48. The van der Waals surface area contributed by atoms with E-state index < -0.39 is 21.7 Å². The first-order chi connectivity index (χ1) is 18.6. The van der Waals surface area contributed by atoms with Crippen molar-refractivity contribution in [1.82, 2.24) is 9.29 Å². The monoisotopic (exact) mass is 566 g/mol. The average Bonchev–Trinajstić information content (AvgIpc) is 3.32. The van der Waals surface area contributed by atoms with Gasteiger partial charge in [0.15, 0.2) is 0 Å². The number of rotatable bonds is 6. The van der Waals surface area contributed by atoms with Crippen LogP contribution in [-0.2, 0) is 14.8 Å². The third kappa shape index (κ3) is 5.91. The number of carbonyl (C=O) groups excluding carboxylic acids is 1. The van der Waals surface area contributed by atoms with E-state index in [9.17, 15) is 17.6 Å². The molecule has 1 aromatic heterocycles. The second-order valence-electron chi connectivity index (χ2n) is 9.48. The Balaban J connectivity index is 1.46. The SMILES string of the molecule is Cc1ccc(/C=N/N(C(=O)c2ccc(S(=O)(=O)N3CC(C)OC(C)C3)cc2)c2nc3ccc(F)cc3s2)cc1. The van der Waals surface area contributed by atoms with Crippen molar-refractivity contribution in [3.63, 3.8) is 0 Å². The number of sulfonamides is 1.